The zero-order chi connectivity index (χ0) is 31.7. The maximum atomic E-state index is 14.4. The van der Waals surface area contributed by atoms with Gasteiger partial charge in [-0.25, -0.2) is 14.3 Å². The molecule has 11 heteroatoms. The molecule has 0 saturated heterocycles. The van der Waals surface area contributed by atoms with Crippen LogP contribution in [0.3, 0.4) is 0 Å². The largest absolute Gasteiger partial charge is 0.477 e. The highest BCUT2D eigenvalue weighted by Crippen LogP contribution is 2.45. The highest BCUT2D eigenvalue weighted by Gasteiger charge is 2.38. The van der Waals surface area contributed by atoms with E-state index in [0.29, 0.717) is 37.3 Å². The Kier molecular flexibility index (Phi) is 9.27. The quantitative estimate of drug-likeness (QED) is 0.151. The molecule has 3 aromatic heterocycles. The zero-order valence-electron chi connectivity index (χ0n) is 26.1. The molecule has 238 valence electrons. The first-order valence-corrected chi connectivity index (χ1v) is 19.2. The summed E-state index contributed by atoms with van der Waals surface area (Å²) >= 11 is 1.21. The van der Waals surface area contributed by atoms with Crippen LogP contribution in [0, 0.1) is 11.8 Å². The van der Waals surface area contributed by atoms with E-state index < -0.39 is 13.3 Å². The minimum atomic E-state index is -2.64. The Hall–Kier alpha value is -3.33. The third-order valence-corrected chi connectivity index (χ3v) is 11.1. The van der Waals surface area contributed by atoms with Crippen molar-refractivity contribution in [3.8, 4) is 21.7 Å². The molecule has 2 aliphatic carbocycles. The molecule has 4 aromatic rings. The fourth-order valence-corrected chi connectivity index (χ4v) is 8.75. The number of anilines is 1. The van der Waals surface area contributed by atoms with Crippen molar-refractivity contribution < 1.29 is 23.8 Å². The molecule has 6 rings (SSSR count). The number of benzene rings is 1. The van der Waals surface area contributed by atoms with Crippen molar-refractivity contribution in [3.05, 3.63) is 59.7 Å². The molecule has 0 aliphatic heterocycles. The van der Waals surface area contributed by atoms with Crippen LogP contribution in [-0.2, 0) is 13.9 Å². The molecule has 0 unspecified atom stereocenters. The molecule has 1 amide bonds. The van der Waals surface area contributed by atoms with Crippen LogP contribution >= 0.6 is 18.7 Å². The third kappa shape index (κ3) is 7.24. The molecule has 2 saturated carbocycles. The summed E-state index contributed by atoms with van der Waals surface area (Å²) in [5, 5.41) is 15.0. The van der Waals surface area contributed by atoms with E-state index >= 15 is 0 Å². The fourth-order valence-electron chi connectivity index (χ4n) is 6.83. The molecule has 45 heavy (non-hydrogen) atoms. The Morgan fingerprint density at radius 3 is 2.42 bits per heavy atom. The number of aromatic carboxylic acids is 1. The summed E-state index contributed by atoms with van der Waals surface area (Å²) in [6, 6.07) is 13.4. The van der Waals surface area contributed by atoms with Gasteiger partial charge in [0.25, 0.3) is 0 Å². The van der Waals surface area contributed by atoms with E-state index in [1.807, 2.05) is 53.6 Å². The number of carbonyl (C=O) groups is 2. The number of hydrogen-bond acceptors (Lipinski definition) is 7. The number of hydrogen-bond donors (Lipinski definition) is 1. The number of rotatable bonds is 8. The molecule has 2 atom stereocenters. The van der Waals surface area contributed by atoms with E-state index in [1.165, 1.54) is 11.3 Å². The van der Waals surface area contributed by atoms with Crippen molar-refractivity contribution in [3.63, 3.8) is 0 Å². The predicted molar refractivity (Wildman–Crippen MR) is 179 cm³/mol. The molecule has 2 aliphatic rings. The minimum Gasteiger partial charge on any atom is -0.477 e. The van der Waals surface area contributed by atoms with Crippen LogP contribution in [0.25, 0.3) is 27.3 Å². The number of carboxylic acid groups (broad SMARTS) is 1. The topological polar surface area (TPSA) is 114 Å². The zero-order valence-corrected chi connectivity index (χ0v) is 27.8. The second-order valence-corrected chi connectivity index (χ2v) is 16.7. The Labute approximate surface area is 268 Å². The Bertz CT molecular complexity index is 1690. The number of carbonyl (C=O) groups excluding carboxylic acids is 1. The smallest absolute Gasteiger partial charge is 0.348 e. The monoisotopic (exact) mass is 648 g/mol. The lowest BCUT2D eigenvalue weighted by molar-refractivity contribution is -0.123. The van der Waals surface area contributed by atoms with Gasteiger partial charge in [-0.1, -0.05) is 44.0 Å². The molecular weight excluding hydrogens is 607 g/mol. The van der Waals surface area contributed by atoms with Crippen molar-refractivity contribution >= 4 is 41.9 Å². The average molecular weight is 649 g/mol. The lowest BCUT2D eigenvalue weighted by atomic mass is 9.89. The molecule has 0 bridgehead atoms. The van der Waals surface area contributed by atoms with Crippen LogP contribution in [0.1, 0.15) is 74.4 Å². The van der Waals surface area contributed by atoms with Gasteiger partial charge in [-0.2, -0.15) is 5.10 Å². The summed E-state index contributed by atoms with van der Waals surface area (Å²) < 4.78 is 19.9. The van der Waals surface area contributed by atoms with Gasteiger partial charge in [-0.15, -0.1) is 11.3 Å². The van der Waals surface area contributed by atoms with Gasteiger partial charge < -0.3 is 14.5 Å². The predicted octanol–water partition coefficient (Wildman–Crippen LogP) is 8.24. The van der Waals surface area contributed by atoms with Crippen LogP contribution in [0.2, 0.25) is 0 Å². The van der Waals surface area contributed by atoms with Crippen molar-refractivity contribution in [1.82, 2.24) is 14.6 Å². The lowest BCUT2D eigenvalue weighted by Gasteiger charge is -2.38. The van der Waals surface area contributed by atoms with Gasteiger partial charge >= 0.3 is 5.97 Å². The first kappa shape index (κ1) is 31.6. The molecule has 0 radical (unpaired) electrons. The minimum absolute atomic E-state index is 0.0350. The summed E-state index contributed by atoms with van der Waals surface area (Å²) in [6.45, 7) is 5.52. The number of carboxylic acids is 1. The summed E-state index contributed by atoms with van der Waals surface area (Å²) in [6.07, 6.45) is 11.0. The third-order valence-electron chi connectivity index (χ3n) is 9.12. The highest BCUT2D eigenvalue weighted by molar-refractivity contribution is 7.57. The number of amides is 1. The first-order valence-electron chi connectivity index (χ1n) is 15.9. The summed E-state index contributed by atoms with van der Waals surface area (Å²) in [5.74, 6) is -0.533. The van der Waals surface area contributed by atoms with Gasteiger partial charge in [0.15, 0.2) is 13.0 Å². The van der Waals surface area contributed by atoms with Crippen molar-refractivity contribution in [1.29, 1.82) is 0 Å². The maximum Gasteiger partial charge on any atom is 0.348 e. The number of fused-ring (bicyclic) bond motifs is 1. The van der Waals surface area contributed by atoms with E-state index in [2.05, 4.69) is 17.0 Å². The molecule has 0 spiro atoms. The van der Waals surface area contributed by atoms with Crippen LogP contribution in [-0.4, -0.2) is 57.1 Å². The van der Waals surface area contributed by atoms with Crippen molar-refractivity contribution in [2.75, 3.05) is 18.2 Å². The molecule has 3 heterocycles. The van der Waals surface area contributed by atoms with Crippen LogP contribution in [0.4, 0.5) is 5.69 Å². The summed E-state index contributed by atoms with van der Waals surface area (Å²) in [7, 11) is -2.64. The Morgan fingerprint density at radius 2 is 1.73 bits per heavy atom. The molecule has 1 N–H and O–H groups in total. The fraction of sp³-hybridized carbons (Fsp3) is 0.471. The maximum absolute atomic E-state index is 14.4. The molecule has 9 nitrogen and oxygen atoms in total. The Morgan fingerprint density at radius 1 is 1.00 bits per heavy atom. The van der Waals surface area contributed by atoms with Crippen molar-refractivity contribution in [2.24, 2.45) is 11.8 Å². The molecule has 2 fully saturated rings. The second kappa shape index (κ2) is 13.2. The van der Waals surface area contributed by atoms with Gasteiger partial charge in [0.1, 0.15) is 4.88 Å². The second-order valence-electron chi connectivity index (χ2n) is 13.0. The van der Waals surface area contributed by atoms with Gasteiger partial charge in [0.05, 0.1) is 17.5 Å². The van der Waals surface area contributed by atoms with Crippen LogP contribution in [0.5, 0.6) is 0 Å². The van der Waals surface area contributed by atoms with Crippen LogP contribution in [0.15, 0.2) is 54.9 Å². The van der Waals surface area contributed by atoms with Gasteiger partial charge in [0.2, 0.25) is 5.91 Å². The highest BCUT2D eigenvalue weighted by atomic mass is 32.1. The van der Waals surface area contributed by atoms with Crippen molar-refractivity contribution in [2.45, 2.75) is 76.9 Å². The number of nitrogens with zero attached hydrogens (tertiary/aromatic N) is 4. The molecular formula is C34H41N4O5PS. The summed E-state index contributed by atoms with van der Waals surface area (Å²) in [5.41, 5.74) is 3.86. The van der Waals surface area contributed by atoms with Gasteiger partial charge in [-0.3, -0.25) is 9.36 Å². The lowest BCUT2D eigenvalue weighted by Crippen LogP contribution is -2.46. The molecule has 1 aromatic carbocycles. The summed E-state index contributed by atoms with van der Waals surface area (Å²) in [4.78, 5) is 34.3. The average Bonchev–Trinajstić information content (AvgIpc) is 3.58. The SMILES string of the molecule is C[C@H]1CCC[C@H](C(=O)N(c2cc(-c3ccc(-c4cc5ncccn5n4)cc3)sc2C(=O)O)C2CCC(OP(C)(C)=O)CC2)CC1. The Balaban J connectivity index is 1.32. The number of thiophene rings is 1. The van der Waals surface area contributed by atoms with E-state index in [4.69, 9.17) is 4.52 Å². The van der Waals surface area contributed by atoms with Gasteiger partial charge in [-0.05, 0) is 68.6 Å². The van der Waals surface area contributed by atoms with Crippen LogP contribution < -0.4 is 4.90 Å². The van der Waals surface area contributed by atoms with Gasteiger partial charge in [0, 0.05) is 54.2 Å². The van der Waals surface area contributed by atoms with E-state index in [-0.39, 0.29) is 28.8 Å². The number of aromatic nitrogens is 3. The standard InChI is InChI=1S/C34H41N4O5PS/c1-22-6-4-7-25(9-8-22)33(39)38(26-14-16-27(17-15-26)43-44(2,3)42)29-21-30(45-32(29)34(40)41)24-12-10-23(11-13-24)28-20-31-35-18-5-19-37(31)36-28/h5,10-13,18-22,25-27H,4,6-9,14-17H2,1-3H3,(H,40,41)/t22-,25-,26?,27?/m0/s1. The van der Waals surface area contributed by atoms with E-state index in [0.717, 1.165) is 59.4 Å². The first-order chi connectivity index (χ1) is 21.6. The van der Waals surface area contributed by atoms with E-state index in [9.17, 15) is 19.3 Å². The normalized spacial score (nSPS) is 22.6. The van der Waals surface area contributed by atoms with E-state index in [1.54, 1.807) is 24.0 Å².